The normalized spacial score (nSPS) is 20.4. The van der Waals surface area contributed by atoms with Crippen molar-refractivity contribution in [2.45, 2.75) is 44.0 Å². The summed E-state index contributed by atoms with van der Waals surface area (Å²) in [5.41, 5.74) is 6.50. The molecule has 1 aliphatic heterocycles. The molecule has 0 radical (unpaired) electrons. The largest absolute Gasteiger partial charge is 0.392 e. The number of halogens is 1. The molecule has 4 nitrogen and oxygen atoms in total. The molecule has 0 amide bonds. The van der Waals surface area contributed by atoms with Crippen molar-refractivity contribution < 1.29 is 12.8 Å². The predicted octanol–water partition coefficient (Wildman–Crippen LogP) is 2.27. The molecular weight excluding hydrogens is 311 g/mol. The Balaban J connectivity index is 2.53. The standard InChI is InChI=1S/C14H19FN2O2S2/c1-9-7-11(15)8-10(2)13(9)21(18,19)17-6-4-3-5-12(17)14(16)20/h7-8,12H,3-6H2,1-2H3,(H2,16,20). The SMILES string of the molecule is Cc1cc(F)cc(C)c1S(=O)(=O)N1CCCCC1C(N)=S. The summed E-state index contributed by atoms with van der Waals surface area (Å²) in [6, 6.07) is 2.02. The molecule has 21 heavy (non-hydrogen) atoms. The van der Waals surface area contributed by atoms with E-state index in [4.69, 9.17) is 18.0 Å². The molecule has 1 saturated heterocycles. The highest BCUT2D eigenvalue weighted by Gasteiger charge is 2.36. The number of nitrogens with two attached hydrogens (primary N) is 1. The van der Waals surface area contributed by atoms with Crippen molar-refractivity contribution in [3.05, 3.63) is 29.1 Å². The van der Waals surface area contributed by atoms with Crippen LogP contribution < -0.4 is 5.73 Å². The minimum atomic E-state index is -3.74. The minimum Gasteiger partial charge on any atom is -0.392 e. The van der Waals surface area contributed by atoms with Gasteiger partial charge in [-0.15, -0.1) is 0 Å². The molecule has 2 N–H and O–H groups in total. The third-order valence-electron chi connectivity index (χ3n) is 3.77. The van der Waals surface area contributed by atoms with Gasteiger partial charge >= 0.3 is 0 Å². The third-order valence-corrected chi connectivity index (χ3v) is 6.26. The molecule has 1 atom stereocenters. The number of hydrogen-bond donors (Lipinski definition) is 1. The van der Waals surface area contributed by atoms with Gasteiger partial charge in [0.15, 0.2) is 0 Å². The molecule has 1 fully saturated rings. The van der Waals surface area contributed by atoms with Crippen LogP contribution in [0.1, 0.15) is 30.4 Å². The fourth-order valence-corrected chi connectivity index (χ4v) is 5.30. The van der Waals surface area contributed by atoms with E-state index in [9.17, 15) is 12.8 Å². The van der Waals surface area contributed by atoms with E-state index in [1.165, 1.54) is 16.4 Å². The maximum absolute atomic E-state index is 13.4. The molecular formula is C14H19FN2O2S2. The van der Waals surface area contributed by atoms with Crippen molar-refractivity contribution in [1.29, 1.82) is 0 Å². The Hall–Kier alpha value is -1.05. The van der Waals surface area contributed by atoms with Crippen molar-refractivity contribution in [3.63, 3.8) is 0 Å². The quantitative estimate of drug-likeness (QED) is 0.864. The Morgan fingerprint density at radius 2 is 1.90 bits per heavy atom. The van der Waals surface area contributed by atoms with Crippen LogP contribution in [0.25, 0.3) is 0 Å². The van der Waals surface area contributed by atoms with Gasteiger partial charge in [-0.1, -0.05) is 18.6 Å². The second kappa shape index (κ2) is 5.98. The van der Waals surface area contributed by atoms with Crippen molar-refractivity contribution in [2.24, 2.45) is 5.73 Å². The van der Waals surface area contributed by atoms with Gasteiger partial charge in [-0.3, -0.25) is 0 Å². The summed E-state index contributed by atoms with van der Waals surface area (Å²) >= 11 is 5.01. The van der Waals surface area contributed by atoms with E-state index in [-0.39, 0.29) is 9.88 Å². The average molecular weight is 330 g/mol. The smallest absolute Gasteiger partial charge is 0.244 e. The van der Waals surface area contributed by atoms with Crippen LogP contribution in [-0.4, -0.2) is 30.3 Å². The summed E-state index contributed by atoms with van der Waals surface area (Å²) in [6.07, 6.45) is 2.31. The first-order valence-electron chi connectivity index (χ1n) is 6.83. The fraction of sp³-hybridized carbons (Fsp3) is 0.500. The number of aryl methyl sites for hydroxylation is 2. The lowest BCUT2D eigenvalue weighted by molar-refractivity contribution is 0.306. The first-order chi connectivity index (χ1) is 9.75. The van der Waals surface area contributed by atoms with Crippen LogP contribution in [0, 0.1) is 19.7 Å². The van der Waals surface area contributed by atoms with Gasteiger partial charge < -0.3 is 5.73 Å². The maximum Gasteiger partial charge on any atom is 0.244 e. The first-order valence-corrected chi connectivity index (χ1v) is 8.68. The molecule has 1 aromatic rings. The van der Waals surface area contributed by atoms with Gasteiger partial charge in [0, 0.05) is 6.54 Å². The molecule has 2 rings (SSSR count). The van der Waals surface area contributed by atoms with Gasteiger partial charge in [0.2, 0.25) is 10.0 Å². The van der Waals surface area contributed by atoms with Crippen LogP contribution in [0.3, 0.4) is 0 Å². The Morgan fingerprint density at radius 1 is 1.33 bits per heavy atom. The topological polar surface area (TPSA) is 63.4 Å². The Morgan fingerprint density at radius 3 is 2.43 bits per heavy atom. The lowest BCUT2D eigenvalue weighted by atomic mass is 10.1. The van der Waals surface area contributed by atoms with E-state index in [0.29, 0.717) is 24.1 Å². The van der Waals surface area contributed by atoms with Gasteiger partial charge in [0.25, 0.3) is 0 Å². The van der Waals surface area contributed by atoms with Gasteiger partial charge in [0.05, 0.1) is 15.9 Å². The predicted molar refractivity (Wildman–Crippen MR) is 84.2 cm³/mol. The van der Waals surface area contributed by atoms with Gasteiger partial charge in [0.1, 0.15) is 5.82 Å². The Kier molecular flexibility index (Phi) is 4.65. The van der Waals surface area contributed by atoms with Crippen LogP contribution in [0.15, 0.2) is 17.0 Å². The molecule has 1 aromatic carbocycles. The molecule has 116 valence electrons. The minimum absolute atomic E-state index is 0.159. The molecule has 1 heterocycles. The highest BCUT2D eigenvalue weighted by Crippen LogP contribution is 2.30. The molecule has 0 saturated carbocycles. The van der Waals surface area contributed by atoms with E-state index in [1.807, 2.05) is 0 Å². The lowest BCUT2D eigenvalue weighted by Crippen LogP contribution is -2.49. The molecule has 1 aliphatic rings. The summed E-state index contributed by atoms with van der Waals surface area (Å²) < 4.78 is 40.6. The summed E-state index contributed by atoms with van der Waals surface area (Å²) in [6.45, 7) is 3.59. The second-order valence-electron chi connectivity index (χ2n) is 5.40. The number of hydrogen-bond acceptors (Lipinski definition) is 3. The van der Waals surface area contributed by atoms with Crippen molar-refractivity contribution in [3.8, 4) is 0 Å². The first kappa shape index (κ1) is 16.3. The Labute approximate surface area is 130 Å². The molecule has 0 aromatic heterocycles. The molecule has 7 heteroatoms. The van der Waals surface area contributed by atoms with Gasteiger partial charge in [-0.05, 0) is 49.9 Å². The molecule has 0 bridgehead atoms. The van der Waals surface area contributed by atoms with E-state index in [0.717, 1.165) is 12.8 Å². The van der Waals surface area contributed by atoms with Gasteiger partial charge in [-0.25, -0.2) is 12.8 Å². The van der Waals surface area contributed by atoms with E-state index in [2.05, 4.69) is 0 Å². The highest BCUT2D eigenvalue weighted by atomic mass is 32.2. The highest BCUT2D eigenvalue weighted by molar-refractivity contribution is 7.89. The van der Waals surface area contributed by atoms with Crippen LogP contribution in [-0.2, 0) is 10.0 Å². The number of benzene rings is 1. The summed E-state index contributed by atoms with van der Waals surface area (Å²) in [7, 11) is -3.74. The van der Waals surface area contributed by atoms with E-state index >= 15 is 0 Å². The molecule has 1 unspecified atom stereocenters. The summed E-state index contributed by atoms with van der Waals surface area (Å²) in [5, 5.41) is 0. The zero-order valence-corrected chi connectivity index (χ0v) is 13.7. The van der Waals surface area contributed by atoms with Crippen molar-refractivity contribution in [2.75, 3.05) is 6.54 Å². The monoisotopic (exact) mass is 330 g/mol. The van der Waals surface area contributed by atoms with Crippen LogP contribution in [0.4, 0.5) is 4.39 Å². The Bertz CT molecular complexity index is 651. The number of rotatable bonds is 3. The fourth-order valence-electron chi connectivity index (χ4n) is 2.90. The summed E-state index contributed by atoms with van der Waals surface area (Å²) in [5.74, 6) is -0.437. The molecule has 0 spiro atoms. The average Bonchev–Trinajstić information content (AvgIpc) is 2.37. The second-order valence-corrected chi connectivity index (χ2v) is 7.70. The number of piperidine rings is 1. The van der Waals surface area contributed by atoms with Gasteiger partial charge in [-0.2, -0.15) is 4.31 Å². The van der Waals surface area contributed by atoms with Crippen LogP contribution >= 0.6 is 12.2 Å². The number of sulfonamides is 1. The molecule has 0 aliphatic carbocycles. The lowest BCUT2D eigenvalue weighted by Gasteiger charge is -2.34. The van der Waals surface area contributed by atoms with Crippen LogP contribution in [0.5, 0.6) is 0 Å². The maximum atomic E-state index is 13.4. The van der Waals surface area contributed by atoms with Crippen molar-refractivity contribution >= 4 is 27.2 Å². The zero-order valence-electron chi connectivity index (χ0n) is 12.1. The van der Waals surface area contributed by atoms with Crippen LogP contribution in [0.2, 0.25) is 0 Å². The summed E-state index contributed by atoms with van der Waals surface area (Å²) in [4.78, 5) is 0.350. The van der Waals surface area contributed by atoms with E-state index in [1.54, 1.807) is 13.8 Å². The zero-order chi connectivity index (χ0) is 15.8. The number of nitrogens with zero attached hydrogens (tertiary/aromatic N) is 1. The number of thiocarbonyl (C=S) groups is 1. The van der Waals surface area contributed by atoms with Crippen molar-refractivity contribution in [1.82, 2.24) is 4.31 Å². The third kappa shape index (κ3) is 3.09. The van der Waals surface area contributed by atoms with E-state index < -0.39 is 21.9 Å².